The summed E-state index contributed by atoms with van der Waals surface area (Å²) in [5, 5.41) is 0. The van der Waals surface area contributed by atoms with Crippen LogP contribution in [0, 0.1) is 0 Å². The van der Waals surface area contributed by atoms with E-state index >= 15 is 0 Å². The maximum absolute atomic E-state index is 5.16. The lowest BCUT2D eigenvalue weighted by molar-refractivity contribution is -0.595. The Kier molecular flexibility index (Phi) is 2.45. The first kappa shape index (κ1) is 8.75. The predicted molar refractivity (Wildman–Crippen MR) is 54.5 cm³/mol. The Morgan fingerprint density at radius 2 is 1.79 bits per heavy atom. The molecule has 0 amide bonds. The Morgan fingerprint density at radius 1 is 1.00 bits per heavy atom. The predicted octanol–water partition coefficient (Wildman–Crippen LogP) is 1.97. The standard InChI is InChI=1S/C12H12NO/c1-14-12-7-5-6-11(10-12)13-8-3-2-4-9-13/h2-10H,1H3/q+1. The molecule has 0 fully saturated rings. The molecule has 0 aliphatic carbocycles. The summed E-state index contributed by atoms with van der Waals surface area (Å²) < 4.78 is 7.21. The van der Waals surface area contributed by atoms with Gasteiger partial charge in [-0.05, 0) is 6.07 Å². The third-order valence-electron chi connectivity index (χ3n) is 2.07. The van der Waals surface area contributed by atoms with Crippen LogP contribution in [0.4, 0.5) is 0 Å². The lowest BCUT2D eigenvalue weighted by atomic mass is 10.3. The minimum atomic E-state index is 0.874. The van der Waals surface area contributed by atoms with Gasteiger partial charge in [0.25, 0.3) is 0 Å². The molecule has 0 saturated carbocycles. The van der Waals surface area contributed by atoms with Crippen LogP contribution < -0.4 is 9.30 Å². The number of methoxy groups -OCH3 is 1. The fourth-order valence-corrected chi connectivity index (χ4v) is 1.34. The highest BCUT2D eigenvalue weighted by Crippen LogP contribution is 2.11. The van der Waals surface area contributed by atoms with Crippen LogP contribution >= 0.6 is 0 Å². The van der Waals surface area contributed by atoms with Crippen LogP contribution in [-0.4, -0.2) is 7.11 Å². The molecule has 1 aromatic carbocycles. The van der Waals surface area contributed by atoms with Crippen molar-refractivity contribution in [3.63, 3.8) is 0 Å². The zero-order chi connectivity index (χ0) is 9.80. The lowest BCUT2D eigenvalue weighted by Crippen LogP contribution is -2.28. The summed E-state index contributed by atoms with van der Waals surface area (Å²) in [7, 11) is 1.68. The van der Waals surface area contributed by atoms with E-state index in [4.69, 9.17) is 4.74 Å². The van der Waals surface area contributed by atoms with E-state index in [0.29, 0.717) is 0 Å². The lowest BCUT2D eigenvalue weighted by Gasteiger charge is -1.99. The Morgan fingerprint density at radius 3 is 2.50 bits per heavy atom. The molecule has 1 aromatic heterocycles. The smallest absolute Gasteiger partial charge is 0.214 e. The average molecular weight is 186 g/mol. The van der Waals surface area contributed by atoms with E-state index in [-0.39, 0.29) is 0 Å². The first-order chi connectivity index (χ1) is 6.90. The van der Waals surface area contributed by atoms with E-state index in [9.17, 15) is 0 Å². The normalized spacial score (nSPS) is 9.79. The monoisotopic (exact) mass is 186 g/mol. The zero-order valence-corrected chi connectivity index (χ0v) is 8.05. The first-order valence-electron chi connectivity index (χ1n) is 4.51. The molecule has 14 heavy (non-hydrogen) atoms. The minimum Gasteiger partial charge on any atom is -0.497 e. The van der Waals surface area contributed by atoms with Crippen molar-refractivity contribution in [3.8, 4) is 11.4 Å². The van der Waals surface area contributed by atoms with Gasteiger partial charge in [-0.25, -0.2) is 0 Å². The third-order valence-corrected chi connectivity index (χ3v) is 2.07. The van der Waals surface area contributed by atoms with E-state index in [0.717, 1.165) is 11.4 Å². The summed E-state index contributed by atoms with van der Waals surface area (Å²) in [6.45, 7) is 0. The number of hydrogen-bond acceptors (Lipinski definition) is 1. The zero-order valence-electron chi connectivity index (χ0n) is 8.05. The molecule has 0 bridgehead atoms. The van der Waals surface area contributed by atoms with Crippen molar-refractivity contribution in [2.75, 3.05) is 7.11 Å². The number of aromatic nitrogens is 1. The minimum absolute atomic E-state index is 0.874. The molecule has 0 aliphatic heterocycles. The number of pyridine rings is 1. The summed E-state index contributed by atoms with van der Waals surface area (Å²) in [6, 6.07) is 14.0. The summed E-state index contributed by atoms with van der Waals surface area (Å²) in [6.07, 6.45) is 4.02. The second-order valence-electron chi connectivity index (χ2n) is 2.98. The maximum atomic E-state index is 5.16. The molecule has 0 N–H and O–H groups in total. The highest BCUT2D eigenvalue weighted by molar-refractivity contribution is 5.32. The number of hydrogen-bond donors (Lipinski definition) is 0. The van der Waals surface area contributed by atoms with Crippen LogP contribution in [0.1, 0.15) is 0 Å². The van der Waals surface area contributed by atoms with E-state index in [1.807, 2.05) is 59.4 Å². The first-order valence-corrected chi connectivity index (χ1v) is 4.51. The second-order valence-corrected chi connectivity index (χ2v) is 2.98. The molecule has 2 aromatic rings. The maximum Gasteiger partial charge on any atom is 0.214 e. The van der Waals surface area contributed by atoms with E-state index < -0.39 is 0 Å². The van der Waals surface area contributed by atoms with Gasteiger partial charge in [0, 0.05) is 18.2 Å². The van der Waals surface area contributed by atoms with E-state index in [2.05, 4.69) is 0 Å². The van der Waals surface area contributed by atoms with Crippen LogP contribution in [0.5, 0.6) is 5.75 Å². The molecular formula is C12H12NO+. The summed E-state index contributed by atoms with van der Waals surface area (Å²) in [4.78, 5) is 0. The van der Waals surface area contributed by atoms with Gasteiger partial charge in [-0.1, -0.05) is 12.1 Å². The van der Waals surface area contributed by atoms with Crippen molar-refractivity contribution in [1.82, 2.24) is 0 Å². The van der Waals surface area contributed by atoms with Crippen LogP contribution in [0.25, 0.3) is 5.69 Å². The van der Waals surface area contributed by atoms with Crippen molar-refractivity contribution >= 4 is 0 Å². The van der Waals surface area contributed by atoms with Gasteiger partial charge >= 0.3 is 0 Å². The van der Waals surface area contributed by atoms with E-state index in [1.54, 1.807) is 7.11 Å². The van der Waals surface area contributed by atoms with Crippen LogP contribution in [0.15, 0.2) is 54.9 Å². The Hall–Kier alpha value is -1.83. The van der Waals surface area contributed by atoms with Gasteiger partial charge in [0.15, 0.2) is 12.4 Å². The Balaban J connectivity index is 2.42. The SMILES string of the molecule is COc1cccc(-[n+]2ccccc2)c1. The van der Waals surface area contributed by atoms with E-state index in [1.165, 1.54) is 0 Å². The number of rotatable bonds is 2. The van der Waals surface area contributed by atoms with Crippen molar-refractivity contribution < 1.29 is 9.30 Å². The highest BCUT2D eigenvalue weighted by atomic mass is 16.5. The van der Waals surface area contributed by atoms with Gasteiger partial charge in [0.05, 0.1) is 13.2 Å². The Bertz CT molecular complexity index is 412. The van der Waals surface area contributed by atoms with Crippen molar-refractivity contribution in [2.45, 2.75) is 0 Å². The molecule has 2 nitrogen and oxygen atoms in total. The molecule has 0 radical (unpaired) electrons. The van der Waals surface area contributed by atoms with Crippen LogP contribution in [0.3, 0.4) is 0 Å². The topological polar surface area (TPSA) is 13.1 Å². The summed E-state index contributed by atoms with van der Waals surface area (Å²) in [5.74, 6) is 0.874. The molecule has 0 unspecified atom stereocenters. The van der Waals surface area contributed by atoms with Gasteiger partial charge in [-0.15, -0.1) is 0 Å². The summed E-state index contributed by atoms with van der Waals surface area (Å²) in [5.41, 5.74) is 1.10. The van der Waals surface area contributed by atoms with Gasteiger partial charge in [-0.2, -0.15) is 4.57 Å². The molecule has 0 saturated heterocycles. The quantitative estimate of drug-likeness (QED) is 0.653. The number of benzene rings is 1. The van der Waals surface area contributed by atoms with Crippen LogP contribution in [-0.2, 0) is 0 Å². The fraction of sp³-hybridized carbons (Fsp3) is 0.0833. The Labute approximate surface area is 83.4 Å². The third kappa shape index (κ3) is 1.74. The van der Waals surface area contributed by atoms with Crippen LogP contribution in [0.2, 0.25) is 0 Å². The van der Waals surface area contributed by atoms with Crippen molar-refractivity contribution in [3.05, 3.63) is 54.9 Å². The van der Waals surface area contributed by atoms with Gasteiger partial charge in [0.2, 0.25) is 5.69 Å². The summed E-state index contributed by atoms with van der Waals surface area (Å²) >= 11 is 0. The van der Waals surface area contributed by atoms with Gasteiger partial charge < -0.3 is 4.74 Å². The molecule has 2 heteroatoms. The largest absolute Gasteiger partial charge is 0.497 e. The molecule has 2 rings (SSSR count). The molecular weight excluding hydrogens is 174 g/mol. The highest BCUT2D eigenvalue weighted by Gasteiger charge is 2.04. The fourth-order valence-electron chi connectivity index (χ4n) is 1.34. The number of ether oxygens (including phenoxy) is 1. The molecule has 0 spiro atoms. The molecule has 1 heterocycles. The van der Waals surface area contributed by atoms with Gasteiger partial charge in [-0.3, -0.25) is 0 Å². The van der Waals surface area contributed by atoms with Crippen molar-refractivity contribution in [2.24, 2.45) is 0 Å². The average Bonchev–Trinajstić information content (AvgIpc) is 2.30. The molecule has 0 atom stereocenters. The number of nitrogens with zero attached hydrogens (tertiary/aromatic N) is 1. The molecule has 70 valence electrons. The second kappa shape index (κ2) is 3.92. The van der Waals surface area contributed by atoms with Gasteiger partial charge in [0.1, 0.15) is 5.75 Å². The molecule has 0 aliphatic rings. The van der Waals surface area contributed by atoms with Crippen molar-refractivity contribution in [1.29, 1.82) is 0 Å².